The van der Waals surface area contributed by atoms with Crippen molar-refractivity contribution >= 4 is 17.5 Å². The van der Waals surface area contributed by atoms with Crippen LogP contribution in [0.5, 0.6) is 0 Å². The van der Waals surface area contributed by atoms with Crippen molar-refractivity contribution in [2.45, 2.75) is 110 Å². The van der Waals surface area contributed by atoms with Crippen LogP contribution in [0, 0.1) is 46.3 Å². The number of fused-ring (bicyclic) bond motifs is 5. The number of hydrogen-bond acceptors (Lipinski definition) is 2. The molecule has 0 unspecified atom stereocenters. The van der Waals surface area contributed by atoms with E-state index in [4.69, 9.17) is 0 Å². The molecule has 35 heavy (non-hydrogen) atoms. The van der Waals surface area contributed by atoms with Gasteiger partial charge >= 0.3 is 0 Å². The zero-order valence-electron chi connectivity index (χ0n) is 22.9. The molecule has 1 aromatic carbocycles. The second kappa shape index (κ2) is 10.0. The zero-order valence-corrected chi connectivity index (χ0v) is 23.8. The Kier molecular flexibility index (Phi) is 7.35. The molecule has 1 nitrogen and oxygen atoms in total. The van der Waals surface area contributed by atoms with Crippen LogP contribution in [0.25, 0.3) is 0 Å². The van der Waals surface area contributed by atoms with Crippen molar-refractivity contribution in [1.29, 1.82) is 0 Å². The molecule has 0 heterocycles. The van der Waals surface area contributed by atoms with Crippen molar-refractivity contribution in [3.05, 3.63) is 40.8 Å². The summed E-state index contributed by atoms with van der Waals surface area (Å²) in [6, 6.07) is 10.6. The van der Waals surface area contributed by atoms with Crippen LogP contribution < -0.4 is 0 Å². The van der Waals surface area contributed by atoms with Crippen LogP contribution in [0.15, 0.2) is 45.7 Å². The fourth-order valence-corrected chi connectivity index (χ4v) is 10.6. The van der Waals surface area contributed by atoms with Gasteiger partial charge in [0.2, 0.25) is 0 Å². The predicted molar refractivity (Wildman–Crippen MR) is 149 cm³/mol. The molecule has 3 saturated carbocycles. The van der Waals surface area contributed by atoms with E-state index < -0.39 is 0 Å². The molecular weight excluding hydrogens is 444 g/mol. The monoisotopic (exact) mass is 492 g/mol. The molecule has 2 heteroatoms. The minimum Gasteiger partial charge on any atom is -0.294 e. The standard InChI is InChI=1S/C33H48OS/c1-22(2)10-9-11-23(3)26-16-17-27-25-14-15-29-31(35-24-12-7-6-8-13-24)30(34)19-21-33(29,5)28(25)18-20-32(26,27)4/h6-8,12-13,22-23,25-28H,9-11,14-21H2,1-5H3/t23-,25+,26-,27+,28+,32-,33-/m1/s1. The van der Waals surface area contributed by atoms with Gasteiger partial charge in [-0.25, -0.2) is 0 Å². The topological polar surface area (TPSA) is 17.1 Å². The van der Waals surface area contributed by atoms with E-state index in [-0.39, 0.29) is 5.41 Å². The van der Waals surface area contributed by atoms with E-state index in [1.165, 1.54) is 61.8 Å². The molecule has 0 spiro atoms. The summed E-state index contributed by atoms with van der Waals surface area (Å²) >= 11 is 1.76. The summed E-state index contributed by atoms with van der Waals surface area (Å²) < 4.78 is 0. The van der Waals surface area contributed by atoms with Crippen molar-refractivity contribution in [1.82, 2.24) is 0 Å². The van der Waals surface area contributed by atoms with Crippen LogP contribution in [0.4, 0.5) is 0 Å². The number of Topliss-reactive ketones (excluding diaryl/α,β-unsaturated/α-hetero) is 1. The van der Waals surface area contributed by atoms with Gasteiger partial charge in [-0.05, 0) is 109 Å². The molecule has 0 radical (unpaired) electrons. The quantitative estimate of drug-likeness (QED) is 0.377. The van der Waals surface area contributed by atoms with Crippen LogP contribution in [0.2, 0.25) is 0 Å². The second-order valence-corrected chi connectivity index (χ2v) is 14.6. The predicted octanol–water partition coefficient (Wildman–Crippen LogP) is 9.72. The van der Waals surface area contributed by atoms with E-state index in [0.29, 0.717) is 11.2 Å². The lowest BCUT2D eigenvalue weighted by molar-refractivity contribution is -0.118. The van der Waals surface area contributed by atoms with Crippen molar-refractivity contribution in [3.8, 4) is 0 Å². The lowest BCUT2D eigenvalue weighted by Crippen LogP contribution is -2.51. The summed E-state index contributed by atoms with van der Waals surface area (Å²) in [6.45, 7) is 12.6. The molecule has 0 amide bonds. The minimum absolute atomic E-state index is 0.232. The summed E-state index contributed by atoms with van der Waals surface area (Å²) in [4.78, 5) is 15.5. The van der Waals surface area contributed by atoms with Gasteiger partial charge in [0.05, 0.1) is 4.91 Å². The molecule has 4 aliphatic rings. The first-order chi connectivity index (χ1) is 16.7. The number of thioether (sulfide) groups is 1. The van der Waals surface area contributed by atoms with E-state index in [0.717, 1.165) is 59.7 Å². The van der Waals surface area contributed by atoms with Crippen molar-refractivity contribution < 1.29 is 4.79 Å². The summed E-state index contributed by atoms with van der Waals surface area (Å²) in [7, 11) is 0. The third-order valence-corrected chi connectivity index (χ3v) is 12.4. The first-order valence-corrected chi connectivity index (χ1v) is 15.6. The van der Waals surface area contributed by atoms with Gasteiger partial charge in [0, 0.05) is 11.3 Å². The number of rotatable bonds is 7. The van der Waals surface area contributed by atoms with E-state index >= 15 is 0 Å². The minimum atomic E-state index is 0.232. The largest absolute Gasteiger partial charge is 0.294 e. The van der Waals surface area contributed by atoms with Gasteiger partial charge in [-0.3, -0.25) is 4.79 Å². The number of carbonyl (C=O) groups excluding carboxylic acids is 1. The molecular formula is C33H48OS. The lowest BCUT2D eigenvalue weighted by atomic mass is 9.46. The number of carbonyl (C=O) groups is 1. The Hall–Kier alpha value is -1.02. The van der Waals surface area contributed by atoms with Crippen LogP contribution in [0.1, 0.15) is 105 Å². The van der Waals surface area contributed by atoms with Gasteiger partial charge in [-0.15, -0.1) is 0 Å². The maximum Gasteiger partial charge on any atom is 0.169 e. The van der Waals surface area contributed by atoms with Gasteiger partial charge in [-0.1, -0.05) is 83.8 Å². The molecule has 0 saturated heterocycles. The number of hydrogen-bond donors (Lipinski definition) is 0. The molecule has 0 aromatic heterocycles. The summed E-state index contributed by atoms with van der Waals surface area (Å²) in [5.41, 5.74) is 2.31. The molecule has 5 rings (SSSR count). The van der Waals surface area contributed by atoms with Gasteiger partial charge in [0.1, 0.15) is 0 Å². The van der Waals surface area contributed by atoms with Crippen molar-refractivity contribution in [2.75, 3.05) is 0 Å². The number of benzene rings is 1. The third-order valence-electron chi connectivity index (χ3n) is 11.2. The highest BCUT2D eigenvalue weighted by atomic mass is 32.2. The Labute approximate surface area is 219 Å². The maximum atomic E-state index is 13.2. The summed E-state index contributed by atoms with van der Waals surface area (Å²) in [6.07, 6.45) is 14.2. The SMILES string of the molecule is CC(C)CCC[C@@H](C)[C@H]1CC[C@H]2[C@@H]3CCC4=C(Sc5ccccc5)C(=O)CC[C@]4(C)[C@H]3CC[C@]12C. The average molecular weight is 493 g/mol. The highest BCUT2D eigenvalue weighted by Gasteiger charge is 2.60. The van der Waals surface area contributed by atoms with E-state index in [1.807, 2.05) is 0 Å². The fraction of sp³-hybridized carbons (Fsp3) is 0.727. The summed E-state index contributed by atoms with van der Waals surface area (Å²) in [5.74, 6) is 5.58. The lowest BCUT2D eigenvalue weighted by Gasteiger charge is -2.59. The Morgan fingerprint density at radius 3 is 2.43 bits per heavy atom. The number of allylic oxidation sites excluding steroid dienone is 1. The Balaban J connectivity index is 1.36. The van der Waals surface area contributed by atoms with E-state index in [1.54, 1.807) is 11.8 Å². The van der Waals surface area contributed by atoms with Gasteiger partial charge in [-0.2, -0.15) is 0 Å². The first kappa shape index (κ1) is 25.6. The van der Waals surface area contributed by atoms with Crippen molar-refractivity contribution in [2.24, 2.45) is 46.3 Å². The molecule has 7 atom stereocenters. The second-order valence-electron chi connectivity index (χ2n) is 13.5. The molecule has 192 valence electrons. The molecule has 0 bridgehead atoms. The van der Waals surface area contributed by atoms with Gasteiger partial charge in [0.25, 0.3) is 0 Å². The number of ketones is 1. The Morgan fingerprint density at radius 2 is 1.69 bits per heavy atom. The highest BCUT2D eigenvalue weighted by Crippen LogP contribution is 2.68. The fourth-order valence-electron chi connectivity index (χ4n) is 9.42. The van der Waals surface area contributed by atoms with Crippen LogP contribution in [0.3, 0.4) is 0 Å². The van der Waals surface area contributed by atoms with E-state index in [2.05, 4.69) is 65.0 Å². The highest BCUT2D eigenvalue weighted by molar-refractivity contribution is 8.04. The van der Waals surface area contributed by atoms with Crippen molar-refractivity contribution in [3.63, 3.8) is 0 Å². The smallest absolute Gasteiger partial charge is 0.169 e. The van der Waals surface area contributed by atoms with Gasteiger partial charge in [0.15, 0.2) is 5.78 Å². The first-order valence-electron chi connectivity index (χ1n) is 14.7. The molecule has 0 aliphatic heterocycles. The van der Waals surface area contributed by atoms with E-state index in [9.17, 15) is 4.79 Å². The normalized spacial score (nSPS) is 37.7. The van der Waals surface area contributed by atoms with Gasteiger partial charge < -0.3 is 0 Å². The van der Waals surface area contributed by atoms with Crippen LogP contribution >= 0.6 is 11.8 Å². The Morgan fingerprint density at radius 1 is 0.914 bits per heavy atom. The molecule has 4 aliphatic carbocycles. The average Bonchev–Trinajstić information content (AvgIpc) is 3.19. The third kappa shape index (κ3) is 4.60. The molecule has 1 aromatic rings. The Bertz CT molecular complexity index is 947. The summed E-state index contributed by atoms with van der Waals surface area (Å²) in [5, 5.41) is 0. The molecule has 3 fully saturated rings. The maximum absolute atomic E-state index is 13.2. The van der Waals surface area contributed by atoms with Crippen LogP contribution in [-0.2, 0) is 4.79 Å². The molecule has 0 N–H and O–H groups in total. The zero-order chi connectivity index (χ0) is 24.8. The van der Waals surface area contributed by atoms with Crippen LogP contribution in [-0.4, -0.2) is 5.78 Å².